The van der Waals surface area contributed by atoms with Gasteiger partial charge in [0, 0.05) is 10.4 Å². The lowest BCUT2D eigenvalue weighted by molar-refractivity contribution is -0.132. The van der Waals surface area contributed by atoms with Crippen LogP contribution >= 0.6 is 22.7 Å². The van der Waals surface area contributed by atoms with Crippen molar-refractivity contribution in [3.05, 3.63) is 75.0 Å². The zero-order valence-corrected chi connectivity index (χ0v) is 23.4. The predicted molar refractivity (Wildman–Crippen MR) is 152 cm³/mol. The topological polar surface area (TPSA) is 89.0 Å². The van der Waals surface area contributed by atoms with Crippen LogP contribution in [0.4, 0.5) is 5.13 Å². The van der Waals surface area contributed by atoms with E-state index in [0.29, 0.717) is 34.3 Å². The minimum atomic E-state index is -0.800. The molecule has 196 valence electrons. The monoisotopic (exact) mass is 548 g/mol. The smallest absolute Gasteiger partial charge is 0.301 e. The fourth-order valence-corrected chi connectivity index (χ4v) is 6.57. The van der Waals surface area contributed by atoms with Crippen LogP contribution in [0.1, 0.15) is 54.3 Å². The Labute approximate surface area is 229 Å². The standard InChI is InChI=1S/C29H28N2O5S2/c1-6-36-17-9-10-20-23(13-17)38-29(30-20)31-25(22-8-7-11-37-22)24(27(33)28(31)34)26(32)19-14-18(15(2)3)21(35-5)12-16(19)4/h7-15,25,32H,6H2,1-5H3/b26-24+. The van der Waals surface area contributed by atoms with Gasteiger partial charge in [-0.15, -0.1) is 11.3 Å². The number of rotatable bonds is 7. The molecule has 0 bridgehead atoms. The van der Waals surface area contributed by atoms with Gasteiger partial charge in [-0.1, -0.05) is 31.3 Å². The number of methoxy groups -OCH3 is 1. The zero-order valence-electron chi connectivity index (χ0n) is 21.8. The van der Waals surface area contributed by atoms with Crippen molar-refractivity contribution in [1.29, 1.82) is 0 Å². The van der Waals surface area contributed by atoms with Crippen LogP contribution in [0, 0.1) is 6.92 Å². The lowest BCUT2D eigenvalue weighted by Gasteiger charge is -2.22. The van der Waals surface area contributed by atoms with E-state index in [1.165, 1.54) is 27.6 Å². The lowest BCUT2D eigenvalue weighted by atomic mass is 9.92. The Hall–Kier alpha value is -3.69. The molecule has 2 aromatic heterocycles. The second-order valence-electron chi connectivity index (χ2n) is 9.31. The Morgan fingerprint density at radius 2 is 1.97 bits per heavy atom. The maximum atomic E-state index is 13.5. The Balaban J connectivity index is 1.69. The molecular weight excluding hydrogens is 520 g/mol. The van der Waals surface area contributed by atoms with Crippen molar-refractivity contribution in [2.75, 3.05) is 18.6 Å². The highest BCUT2D eigenvalue weighted by molar-refractivity contribution is 7.22. The number of fused-ring (bicyclic) bond motifs is 1. The van der Waals surface area contributed by atoms with Crippen molar-refractivity contribution in [2.24, 2.45) is 0 Å². The summed E-state index contributed by atoms with van der Waals surface area (Å²) in [5, 5.41) is 13.9. The Kier molecular flexibility index (Phi) is 6.98. The third-order valence-corrected chi connectivity index (χ3v) is 8.52. The second kappa shape index (κ2) is 10.2. The molecule has 7 nitrogen and oxygen atoms in total. The molecule has 1 N–H and O–H groups in total. The number of hydrogen-bond acceptors (Lipinski definition) is 8. The summed E-state index contributed by atoms with van der Waals surface area (Å²) in [5.74, 6) is -0.114. The van der Waals surface area contributed by atoms with Crippen LogP contribution in [0.25, 0.3) is 16.0 Å². The summed E-state index contributed by atoms with van der Waals surface area (Å²) >= 11 is 2.73. The fourth-order valence-electron chi connectivity index (χ4n) is 4.72. The minimum absolute atomic E-state index is 0.0506. The highest BCUT2D eigenvalue weighted by Gasteiger charge is 2.48. The van der Waals surface area contributed by atoms with Gasteiger partial charge in [0.15, 0.2) is 5.13 Å². The molecule has 1 amide bonds. The first-order chi connectivity index (χ1) is 18.2. The third kappa shape index (κ3) is 4.35. The number of benzene rings is 2. The van der Waals surface area contributed by atoms with Gasteiger partial charge >= 0.3 is 5.91 Å². The predicted octanol–water partition coefficient (Wildman–Crippen LogP) is 6.82. The van der Waals surface area contributed by atoms with Crippen LogP contribution in [0.3, 0.4) is 0 Å². The number of amides is 1. The van der Waals surface area contributed by atoms with Gasteiger partial charge in [-0.05, 0) is 72.7 Å². The largest absolute Gasteiger partial charge is 0.507 e. The van der Waals surface area contributed by atoms with Gasteiger partial charge in [0.05, 0.1) is 29.5 Å². The first-order valence-corrected chi connectivity index (χ1v) is 14.0. The van der Waals surface area contributed by atoms with Crippen LogP contribution in [0.2, 0.25) is 0 Å². The number of ether oxygens (including phenoxy) is 2. The molecule has 5 rings (SSSR count). The van der Waals surface area contributed by atoms with E-state index in [9.17, 15) is 14.7 Å². The van der Waals surface area contributed by atoms with E-state index in [1.807, 2.05) is 75.5 Å². The van der Waals surface area contributed by atoms with E-state index in [1.54, 1.807) is 7.11 Å². The number of carbonyl (C=O) groups is 2. The van der Waals surface area contributed by atoms with Crippen molar-refractivity contribution in [2.45, 2.75) is 39.7 Å². The highest BCUT2D eigenvalue weighted by atomic mass is 32.1. The first-order valence-electron chi connectivity index (χ1n) is 12.3. The molecule has 38 heavy (non-hydrogen) atoms. The van der Waals surface area contributed by atoms with E-state index < -0.39 is 17.7 Å². The normalized spacial score (nSPS) is 17.1. The number of thiazole rings is 1. The molecule has 1 aliphatic rings. The first kappa shape index (κ1) is 25.9. The average molecular weight is 549 g/mol. The number of hydrogen-bond donors (Lipinski definition) is 1. The number of Topliss-reactive ketones (excluding diaryl/α,β-unsaturated/α-hetero) is 1. The van der Waals surface area contributed by atoms with Gasteiger partial charge in [-0.3, -0.25) is 14.5 Å². The summed E-state index contributed by atoms with van der Waals surface area (Å²) in [4.78, 5) is 33.9. The quantitative estimate of drug-likeness (QED) is 0.155. The SMILES string of the molecule is CCOc1ccc2nc(N3C(=O)C(=O)/C(=C(/O)c4cc(C(C)C)c(OC)cc4C)C3c3cccs3)sc2c1. The van der Waals surface area contributed by atoms with Crippen molar-refractivity contribution in [1.82, 2.24) is 4.98 Å². The molecule has 9 heteroatoms. The number of aliphatic hydroxyl groups excluding tert-OH is 1. The van der Waals surface area contributed by atoms with Crippen molar-refractivity contribution >= 4 is 55.5 Å². The summed E-state index contributed by atoms with van der Waals surface area (Å²) in [6.07, 6.45) is 0. The average Bonchev–Trinajstić information content (AvgIpc) is 3.62. The maximum absolute atomic E-state index is 13.5. The number of aromatic nitrogens is 1. The van der Waals surface area contributed by atoms with Crippen molar-refractivity contribution in [3.63, 3.8) is 0 Å². The van der Waals surface area contributed by atoms with Crippen molar-refractivity contribution in [3.8, 4) is 11.5 Å². The number of aryl methyl sites for hydroxylation is 1. The summed E-state index contributed by atoms with van der Waals surface area (Å²) in [7, 11) is 1.61. The molecule has 3 heterocycles. The molecule has 0 radical (unpaired) electrons. The summed E-state index contributed by atoms with van der Waals surface area (Å²) in [5.41, 5.74) is 2.89. The van der Waals surface area contributed by atoms with Gasteiger partial charge in [0.1, 0.15) is 23.3 Å². The molecule has 1 atom stereocenters. The van der Waals surface area contributed by atoms with E-state index in [2.05, 4.69) is 4.98 Å². The summed E-state index contributed by atoms with van der Waals surface area (Å²) in [6, 6.07) is 12.2. The van der Waals surface area contributed by atoms with Crippen molar-refractivity contribution < 1.29 is 24.2 Å². The number of carbonyl (C=O) groups excluding carboxylic acids is 2. The van der Waals surface area contributed by atoms with E-state index >= 15 is 0 Å². The molecular formula is C29H28N2O5S2. The number of thiophene rings is 1. The molecule has 1 fully saturated rings. The van der Waals surface area contributed by atoms with Gasteiger partial charge in [-0.25, -0.2) is 4.98 Å². The second-order valence-corrected chi connectivity index (χ2v) is 11.3. The number of aliphatic hydroxyl groups is 1. The number of nitrogens with zero attached hydrogens (tertiary/aromatic N) is 2. The Bertz CT molecular complexity index is 1570. The number of anilines is 1. The van der Waals surface area contributed by atoms with Gasteiger partial charge in [0.2, 0.25) is 0 Å². The van der Waals surface area contributed by atoms with Crippen LogP contribution in [0.5, 0.6) is 11.5 Å². The molecule has 1 saturated heterocycles. The lowest BCUT2D eigenvalue weighted by Crippen LogP contribution is -2.28. The van der Waals surface area contributed by atoms with Crippen LogP contribution < -0.4 is 14.4 Å². The Morgan fingerprint density at radius 1 is 1.18 bits per heavy atom. The molecule has 0 saturated carbocycles. The minimum Gasteiger partial charge on any atom is -0.507 e. The molecule has 1 aliphatic heterocycles. The van der Waals surface area contributed by atoms with Crippen LogP contribution in [0.15, 0.2) is 53.4 Å². The highest BCUT2D eigenvalue weighted by Crippen LogP contribution is 2.46. The summed E-state index contributed by atoms with van der Waals surface area (Å²) in [6.45, 7) is 8.36. The maximum Gasteiger partial charge on any atom is 0.301 e. The molecule has 2 aromatic carbocycles. The number of ketones is 1. The summed E-state index contributed by atoms with van der Waals surface area (Å²) < 4.78 is 12.0. The molecule has 0 aliphatic carbocycles. The zero-order chi connectivity index (χ0) is 27.1. The van der Waals surface area contributed by atoms with E-state index in [0.717, 1.165) is 20.7 Å². The molecule has 0 spiro atoms. The van der Waals surface area contributed by atoms with E-state index in [-0.39, 0.29) is 17.3 Å². The molecule has 4 aromatic rings. The third-order valence-electron chi connectivity index (χ3n) is 6.58. The Morgan fingerprint density at radius 3 is 2.63 bits per heavy atom. The van der Waals surface area contributed by atoms with Crippen LogP contribution in [-0.4, -0.2) is 35.5 Å². The fraction of sp³-hybridized carbons (Fsp3) is 0.276. The van der Waals surface area contributed by atoms with Gasteiger partial charge in [-0.2, -0.15) is 0 Å². The van der Waals surface area contributed by atoms with Crippen LogP contribution in [-0.2, 0) is 9.59 Å². The van der Waals surface area contributed by atoms with Gasteiger partial charge < -0.3 is 14.6 Å². The van der Waals surface area contributed by atoms with Gasteiger partial charge in [0.25, 0.3) is 5.78 Å². The van der Waals surface area contributed by atoms with E-state index in [4.69, 9.17) is 9.47 Å². The molecule has 1 unspecified atom stereocenters.